The highest BCUT2D eigenvalue weighted by Crippen LogP contribution is 2.31. The Labute approximate surface area is 158 Å². The first kappa shape index (κ1) is 18.8. The summed E-state index contributed by atoms with van der Waals surface area (Å²) in [7, 11) is 0. The molecule has 0 bridgehead atoms. The smallest absolute Gasteiger partial charge is 0.288 e. The van der Waals surface area contributed by atoms with E-state index in [0.29, 0.717) is 23.6 Å². The van der Waals surface area contributed by atoms with Crippen molar-refractivity contribution >= 4 is 40.4 Å². The van der Waals surface area contributed by atoms with Crippen molar-refractivity contribution in [2.45, 2.75) is 10.7 Å². The van der Waals surface area contributed by atoms with Crippen LogP contribution in [0.1, 0.15) is 10.4 Å². The highest BCUT2D eigenvalue weighted by atomic mass is 32.2. The van der Waals surface area contributed by atoms with E-state index in [1.54, 1.807) is 30.3 Å². The molecule has 3 aromatic carbocycles. The number of amides is 1. The number of fused-ring (bicyclic) bond motifs is 1. The number of carbonyl (C=O) groups excluding carboxylic acids is 2. The summed E-state index contributed by atoms with van der Waals surface area (Å²) in [6, 6.07) is 17.0. The van der Waals surface area contributed by atoms with E-state index in [0.717, 1.165) is 10.8 Å². The van der Waals surface area contributed by atoms with Gasteiger partial charge in [-0.05, 0) is 29.0 Å². The minimum atomic E-state index is -2.59. The number of hydrogen-bond acceptors (Lipinski definition) is 4. The molecule has 0 radical (unpaired) electrons. The Morgan fingerprint density at radius 3 is 2.59 bits per heavy atom. The van der Waals surface area contributed by atoms with Crippen LogP contribution >= 0.6 is 11.8 Å². The summed E-state index contributed by atoms with van der Waals surface area (Å²) in [5.41, 5.74) is 0.639. The van der Waals surface area contributed by atoms with E-state index in [4.69, 9.17) is 4.74 Å². The van der Waals surface area contributed by atoms with Crippen LogP contribution < -0.4 is 10.1 Å². The number of thioether (sulfide) groups is 1. The standard InChI is InChI=1S/C20H15F2NO3S/c21-20(22)27-18-8-4-3-7-16(18)23-19(25)12-26-17-10-9-13-5-1-2-6-14(13)15(17)11-24/h1-11,20H,12H2,(H,23,25). The van der Waals surface area contributed by atoms with Gasteiger partial charge in [0.1, 0.15) is 5.75 Å². The summed E-state index contributed by atoms with van der Waals surface area (Å²) in [5, 5.41) is 4.16. The quantitative estimate of drug-likeness (QED) is 0.459. The molecule has 0 heterocycles. The van der Waals surface area contributed by atoms with Crippen LogP contribution in [0.4, 0.5) is 14.5 Å². The summed E-state index contributed by atoms with van der Waals surface area (Å²) < 4.78 is 30.7. The molecule has 0 saturated carbocycles. The first-order valence-electron chi connectivity index (χ1n) is 8.02. The predicted molar refractivity (Wildman–Crippen MR) is 102 cm³/mol. The zero-order valence-electron chi connectivity index (χ0n) is 14.0. The van der Waals surface area contributed by atoms with Crippen molar-refractivity contribution in [3.05, 3.63) is 66.2 Å². The zero-order chi connectivity index (χ0) is 19.2. The van der Waals surface area contributed by atoms with E-state index >= 15 is 0 Å². The van der Waals surface area contributed by atoms with Gasteiger partial charge in [0.05, 0.1) is 11.3 Å². The molecule has 138 valence electrons. The van der Waals surface area contributed by atoms with Crippen LogP contribution in [0.3, 0.4) is 0 Å². The Kier molecular flexibility index (Phi) is 6.03. The molecule has 0 fully saturated rings. The lowest BCUT2D eigenvalue weighted by atomic mass is 10.0. The van der Waals surface area contributed by atoms with E-state index < -0.39 is 11.7 Å². The molecule has 0 unspecified atom stereocenters. The van der Waals surface area contributed by atoms with E-state index in [2.05, 4.69) is 5.32 Å². The SMILES string of the molecule is O=Cc1c(OCC(=O)Nc2ccccc2SC(F)F)ccc2ccccc12. The van der Waals surface area contributed by atoms with Gasteiger partial charge >= 0.3 is 0 Å². The maximum atomic E-state index is 12.6. The van der Waals surface area contributed by atoms with E-state index in [1.807, 2.05) is 18.2 Å². The first-order valence-corrected chi connectivity index (χ1v) is 8.90. The Morgan fingerprint density at radius 2 is 1.81 bits per heavy atom. The van der Waals surface area contributed by atoms with Gasteiger partial charge in [0.15, 0.2) is 12.9 Å². The van der Waals surface area contributed by atoms with Crippen molar-refractivity contribution in [2.75, 3.05) is 11.9 Å². The number of hydrogen-bond donors (Lipinski definition) is 1. The Balaban J connectivity index is 1.72. The minimum Gasteiger partial charge on any atom is -0.483 e. The van der Waals surface area contributed by atoms with Gasteiger partial charge in [-0.1, -0.05) is 54.2 Å². The molecule has 0 spiro atoms. The minimum absolute atomic E-state index is 0.264. The van der Waals surface area contributed by atoms with Gasteiger partial charge in [-0.2, -0.15) is 8.78 Å². The number of alkyl halides is 2. The lowest BCUT2D eigenvalue weighted by Crippen LogP contribution is -2.21. The van der Waals surface area contributed by atoms with Gasteiger partial charge in [-0.25, -0.2) is 0 Å². The third-order valence-corrected chi connectivity index (χ3v) is 4.57. The summed E-state index contributed by atoms with van der Waals surface area (Å²) in [6.45, 7) is -0.354. The molecule has 0 saturated heterocycles. The molecule has 4 nitrogen and oxygen atoms in total. The second kappa shape index (κ2) is 8.64. The molecule has 0 aromatic heterocycles. The van der Waals surface area contributed by atoms with Gasteiger partial charge < -0.3 is 10.1 Å². The molecule has 0 aliphatic heterocycles. The molecule has 3 aromatic rings. The second-order valence-electron chi connectivity index (χ2n) is 5.53. The Morgan fingerprint density at radius 1 is 1.07 bits per heavy atom. The van der Waals surface area contributed by atoms with E-state index in [-0.39, 0.29) is 22.9 Å². The average Bonchev–Trinajstić information content (AvgIpc) is 2.67. The molecule has 27 heavy (non-hydrogen) atoms. The number of halogens is 2. The van der Waals surface area contributed by atoms with Gasteiger partial charge in [0.2, 0.25) is 0 Å². The van der Waals surface area contributed by atoms with Crippen LogP contribution in [0, 0.1) is 0 Å². The second-order valence-corrected chi connectivity index (χ2v) is 6.56. The summed E-state index contributed by atoms with van der Waals surface area (Å²) >= 11 is 0.354. The fourth-order valence-corrected chi connectivity index (χ4v) is 3.22. The van der Waals surface area contributed by atoms with Crippen LogP contribution in [0.15, 0.2) is 65.6 Å². The molecule has 1 N–H and O–H groups in total. The maximum absolute atomic E-state index is 12.6. The Bertz CT molecular complexity index is 978. The monoisotopic (exact) mass is 387 g/mol. The number of rotatable bonds is 7. The van der Waals surface area contributed by atoms with Gasteiger partial charge in [0.25, 0.3) is 11.7 Å². The number of nitrogens with one attached hydrogen (secondary N) is 1. The van der Waals surface area contributed by atoms with E-state index in [9.17, 15) is 18.4 Å². The number of benzene rings is 3. The molecule has 0 atom stereocenters. The maximum Gasteiger partial charge on any atom is 0.288 e. The topological polar surface area (TPSA) is 55.4 Å². The van der Waals surface area contributed by atoms with Gasteiger partial charge in [-0.3, -0.25) is 9.59 Å². The number of anilines is 1. The van der Waals surface area contributed by atoms with Crippen LogP contribution in [0.25, 0.3) is 10.8 Å². The van der Waals surface area contributed by atoms with Gasteiger partial charge in [-0.15, -0.1) is 0 Å². The first-order chi connectivity index (χ1) is 13.1. The van der Waals surface area contributed by atoms with Gasteiger partial charge in [0, 0.05) is 4.90 Å². The summed E-state index contributed by atoms with van der Waals surface area (Å²) in [6.07, 6.45) is 0.685. The summed E-state index contributed by atoms with van der Waals surface area (Å²) in [5.74, 6) is -2.82. The number of carbonyl (C=O) groups is 2. The summed E-state index contributed by atoms with van der Waals surface area (Å²) in [4.78, 5) is 23.9. The van der Waals surface area contributed by atoms with Crippen molar-refractivity contribution in [3.8, 4) is 5.75 Å². The molecule has 0 aliphatic carbocycles. The lowest BCUT2D eigenvalue weighted by Gasteiger charge is -2.12. The van der Waals surface area contributed by atoms with Crippen molar-refractivity contribution in [3.63, 3.8) is 0 Å². The van der Waals surface area contributed by atoms with Crippen LogP contribution in [-0.2, 0) is 4.79 Å². The van der Waals surface area contributed by atoms with Crippen molar-refractivity contribution in [2.24, 2.45) is 0 Å². The van der Waals surface area contributed by atoms with E-state index in [1.165, 1.54) is 12.1 Å². The molecule has 1 amide bonds. The number of aldehydes is 1. The molecular formula is C20H15F2NO3S. The fourth-order valence-electron chi connectivity index (χ4n) is 2.62. The molecular weight excluding hydrogens is 372 g/mol. The third-order valence-electron chi connectivity index (χ3n) is 3.78. The van der Waals surface area contributed by atoms with Crippen molar-refractivity contribution in [1.82, 2.24) is 0 Å². The van der Waals surface area contributed by atoms with Crippen molar-refractivity contribution < 1.29 is 23.1 Å². The average molecular weight is 387 g/mol. The molecule has 3 rings (SSSR count). The highest BCUT2D eigenvalue weighted by molar-refractivity contribution is 7.99. The van der Waals surface area contributed by atoms with Crippen LogP contribution in [0.2, 0.25) is 0 Å². The third kappa shape index (κ3) is 4.62. The van der Waals surface area contributed by atoms with Crippen molar-refractivity contribution in [1.29, 1.82) is 0 Å². The van der Waals surface area contributed by atoms with Crippen LogP contribution in [0.5, 0.6) is 5.75 Å². The fraction of sp³-hybridized carbons (Fsp3) is 0.100. The number of para-hydroxylation sites is 1. The molecule has 0 aliphatic rings. The number of ether oxygens (including phenoxy) is 1. The predicted octanol–water partition coefficient (Wildman–Crippen LogP) is 4.98. The normalized spacial score (nSPS) is 10.8. The largest absolute Gasteiger partial charge is 0.483 e. The molecule has 7 heteroatoms. The zero-order valence-corrected chi connectivity index (χ0v) is 14.8. The van der Waals surface area contributed by atoms with Crippen LogP contribution in [-0.4, -0.2) is 24.6 Å². The Hall–Kier alpha value is -2.93. The lowest BCUT2D eigenvalue weighted by molar-refractivity contribution is -0.118. The highest BCUT2D eigenvalue weighted by Gasteiger charge is 2.13.